The maximum absolute atomic E-state index is 13.5. The molecule has 2 aromatic rings. The largest absolute Gasteiger partial charge is 0.380 e. The third kappa shape index (κ3) is 5.81. The van der Waals surface area contributed by atoms with Gasteiger partial charge in [0.05, 0.1) is 42.1 Å². The zero-order valence-electron chi connectivity index (χ0n) is 22.1. The van der Waals surface area contributed by atoms with E-state index in [2.05, 4.69) is 21.5 Å². The number of nitrogens with zero attached hydrogens (tertiary/aromatic N) is 4. The van der Waals surface area contributed by atoms with Crippen molar-refractivity contribution in [1.29, 1.82) is 5.26 Å². The molecule has 2 aliphatic heterocycles. The van der Waals surface area contributed by atoms with Gasteiger partial charge in [-0.15, -0.1) is 11.8 Å². The van der Waals surface area contributed by atoms with E-state index in [0.717, 1.165) is 0 Å². The van der Waals surface area contributed by atoms with Crippen LogP contribution in [0.3, 0.4) is 0 Å². The number of halogens is 2. The van der Waals surface area contributed by atoms with Gasteiger partial charge in [0.15, 0.2) is 22.8 Å². The van der Waals surface area contributed by atoms with Crippen LogP contribution in [0.1, 0.15) is 52.3 Å². The smallest absolute Gasteiger partial charge is 0.340 e. The van der Waals surface area contributed by atoms with Gasteiger partial charge >= 0.3 is 7.60 Å². The summed E-state index contributed by atoms with van der Waals surface area (Å²) in [5.41, 5.74) is 1.24. The predicted molar refractivity (Wildman–Crippen MR) is 145 cm³/mol. The zero-order chi connectivity index (χ0) is 27.9. The number of hydrogen-bond donors (Lipinski definition) is 1. The Kier molecular flexibility index (Phi) is 8.49. The first-order valence-corrected chi connectivity index (χ1v) is 16.2. The summed E-state index contributed by atoms with van der Waals surface area (Å²) in [4.78, 5) is 4.47. The van der Waals surface area contributed by atoms with Gasteiger partial charge in [-0.2, -0.15) is 10.4 Å². The highest BCUT2D eigenvalue weighted by atomic mass is 35.5. The molecule has 0 aromatic carbocycles. The Balaban J connectivity index is 1.41. The Morgan fingerprint density at radius 1 is 1.31 bits per heavy atom. The molecular weight excluding hydrogens is 572 g/mol. The number of nitrogens with one attached hydrogen (secondary N) is 1. The number of pyridine rings is 1. The Morgan fingerprint density at radius 3 is 2.64 bits per heavy atom. The van der Waals surface area contributed by atoms with Gasteiger partial charge in [-0.3, -0.25) is 4.57 Å². The number of nitriles is 1. The van der Waals surface area contributed by atoms with Crippen LogP contribution in [-0.4, -0.2) is 75.5 Å². The minimum atomic E-state index is -3.22. The van der Waals surface area contributed by atoms with Gasteiger partial charge in [0.2, 0.25) is 0 Å². The Bertz CT molecular complexity index is 1290. The monoisotopic (exact) mass is 603 g/mol. The number of ether oxygens (including phenoxy) is 3. The summed E-state index contributed by atoms with van der Waals surface area (Å²) in [5.74, 6) is -0.403. The number of rotatable bonds is 11. The molecule has 4 heterocycles. The van der Waals surface area contributed by atoms with Gasteiger partial charge in [-0.05, 0) is 40.5 Å². The van der Waals surface area contributed by atoms with Crippen LogP contribution in [0.5, 0.6) is 0 Å². The molecule has 1 saturated carbocycles. The summed E-state index contributed by atoms with van der Waals surface area (Å²) in [5, 5.41) is 18.1. The molecule has 0 spiro atoms. The number of thioether (sulfide) groups is 1. The highest BCUT2D eigenvalue weighted by Gasteiger charge is 2.56. The van der Waals surface area contributed by atoms with Crippen molar-refractivity contribution in [2.45, 2.75) is 83.1 Å². The van der Waals surface area contributed by atoms with Gasteiger partial charge in [-0.25, -0.2) is 14.1 Å². The van der Waals surface area contributed by atoms with Crippen molar-refractivity contribution in [3.8, 4) is 6.07 Å². The lowest BCUT2D eigenvalue weighted by Crippen LogP contribution is -2.36. The van der Waals surface area contributed by atoms with E-state index in [9.17, 15) is 14.2 Å². The molecule has 0 amide bonds. The molecule has 1 aliphatic carbocycles. The summed E-state index contributed by atoms with van der Waals surface area (Å²) < 4.78 is 57.6. The van der Waals surface area contributed by atoms with Crippen LogP contribution in [0, 0.1) is 11.3 Å². The molecule has 214 valence electrons. The van der Waals surface area contributed by atoms with Crippen molar-refractivity contribution in [3.05, 3.63) is 16.9 Å². The fourth-order valence-electron chi connectivity index (χ4n) is 5.11. The predicted octanol–water partition coefficient (Wildman–Crippen LogP) is 5.24. The third-order valence-corrected chi connectivity index (χ3v) is 10.9. The van der Waals surface area contributed by atoms with E-state index in [1.807, 2.05) is 13.8 Å². The molecule has 0 radical (unpaired) electrons. The molecule has 0 unspecified atom stereocenters. The quantitative estimate of drug-likeness (QED) is 0.267. The average Bonchev–Trinajstić information content (AvgIpc) is 3.49. The minimum absolute atomic E-state index is 0.0125. The van der Waals surface area contributed by atoms with Crippen LogP contribution >= 0.6 is 31.0 Å². The van der Waals surface area contributed by atoms with E-state index < -0.39 is 44.1 Å². The lowest BCUT2D eigenvalue weighted by molar-refractivity contribution is -0.195. The first kappa shape index (κ1) is 29.0. The third-order valence-electron chi connectivity index (χ3n) is 6.79. The highest BCUT2D eigenvalue weighted by Crippen LogP contribution is 2.52. The van der Waals surface area contributed by atoms with Crippen LogP contribution in [0.25, 0.3) is 11.0 Å². The van der Waals surface area contributed by atoms with Gasteiger partial charge in [-0.1, -0.05) is 11.6 Å². The second kappa shape index (κ2) is 11.4. The molecule has 1 N–H and O–H groups in total. The van der Waals surface area contributed by atoms with Crippen molar-refractivity contribution >= 4 is 47.7 Å². The number of anilines is 1. The summed E-state index contributed by atoms with van der Waals surface area (Å²) >= 11 is 7.82. The molecule has 0 bridgehead atoms. The Hall–Kier alpha value is -1.49. The molecular formula is C24H32ClFN5O6PS. The molecule has 5 rings (SSSR count). The number of hydrogen-bond acceptors (Lipinski definition) is 11. The van der Waals surface area contributed by atoms with Crippen LogP contribution < -0.4 is 5.32 Å². The van der Waals surface area contributed by atoms with Crippen molar-refractivity contribution in [2.75, 3.05) is 29.8 Å². The fourth-order valence-corrected chi connectivity index (χ4v) is 8.61. The molecule has 2 saturated heterocycles. The average molecular weight is 604 g/mol. The second-order valence-electron chi connectivity index (χ2n) is 10.1. The van der Waals surface area contributed by atoms with Crippen LogP contribution in [0.15, 0.2) is 6.20 Å². The van der Waals surface area contributed by atoms with E-state index in [4.69, 9.17) is 34.9 Å². The molecule has 3 fully saturated rings. The maximum atomic E-state index is 13.5. The first-order valence-electron chi connectivity index (χ1n) is 12.9. The van der Waals surface area contributed by atoms with Crippen molar-refractivity contribution in [1.82, 2.24) is 14.8 Å². The molecule has 39 heavy (non-hydrogen) atoms. The SMILES string of the molecule is CCOP(=O)(CSC[C@H]1O[C@@H](n2ncc3c(NC4CC(F)C4)c(C#N)c(Cl)nc32)[C@@H]2OC(C)(C)O[C@@H]21)OCC. The summed E-state index contributed by atoms with van der Waals surface area (Å²) in [6.07, 6.45) is -0.594. The van der Waals surface area contributed by atoms with Gasteiger partial charge in [0.1, 0.15) is 30.0 Å². The van der Waals surface area contributed by atoms with E-state index in [1.54, 1.807) is 24.7 Å². The zero-order valence-corrected chi connectivity index (χ0v) is 24.6. The van der Waals surface area contributed by atoms with Crippen molar-refractivity contribution in [2.24, 2.45) is 0 Å². The van der Waals surface area contributed by atoms with Gasteiger partial charge in [0, 0.05) is 11.8 Å². The maximum Gasteiger partial charge on any atom is 0.340 e. The van der Waals surface area contributed by atoms with Crippen LogP contribution in [0.2, 0.25) is 5.15 Å². The van der Waals surface area contributed by atoms with Crippen molar-refractivity contribution < 1.29 is 32.2 Å². The van der Waals surface area contributed by atoms with Crippen molar-refractivity contribution in [3.63, 3.8) is 0 Å². The first-order chi connectivity index (χ1) is 18.6. The van der Waals surface area contributed by atoms with Crippen LogP contribution in [0.4, 0.5) is 10.1 Å². The number of fused-ring (bicyclic) bond motifs is 2. The second-order valence-corrected chi connectivity index (χ2v) is 13.9. The molecule has 3 aliphatic rings. The molecule has 15 heteroatoms. The summed E-state index contributed by atoms with van der Waals surface area (Å²) in [6, 6.07) is 1.99. The standard InChI is InChI=1S/C24H32ClFN5O6PS/c1-5-33-38(32,34-6-2)12-39-11-17-19-20(37-24(3,4)36-19)23(35-17)31-22-16(10-28-31)18(15(9-27)21(25)30-22)29-14-7-13(26)8-14/h10,13-14,17,19-20,23H,5-8,11-12H2,1-4H3,(H,29,30)/t13?,14?,17-,19-,20-,23-/m1/s1. The van der Waals surface area contributed by atoms with Gasteiger partial charge in [0.25, 0.3) is 0 Å². The molecule has 11 nitrogen and oxygen atoms in total. The lowest BCUT2D eigenvalue weighted by Gasteiger charge is -2.31. The van der Waals surface area contributed by atoms with E-state index in [1.165, 1.54) is 11.8 Å². The topological polar surface area (TPSA) is 130 Å². The highest BCUT2D eigenvalue weighted by molar-refractivity contribution is 8.04. The minimum Gasteiger partial charge on any atom is -0.380 e. The van der Waals surface area contributed by atoms with E-state index in [0.29, 0.717) is 35.3 Å². The summed E-state index contributed by atoms with van der Waals surface area (Å²) in [6.45, 7) is 7.79. The van der Waals surface area contributed by atoms with Gasteiger partial charge < -0.3 is 28.6 Å². The Morgan fingerprint density at radius 2 is 2.00 bits per heavy atom. The van der Waals surface area contributed by atoms with Crippen LogP contribution in [-0.2, 0) is 27.8 Å². The van der Waals surface area contributed by atoms with E-state index in [-0.39, 0.29) is 35.5 Å². The normalized spacial score (nSPS) is 29.8. The molecule has 4 atom stereocenters. The Labute approximate surface area is 235 Å². The number of aromatic nitrogens is 3. The number of alkyl halides is 1. The van der Waals surface area contributed by atoms with E-state index >= 15 is 0 Å². The molecule has 2 aromatic heterocycles. The summed E-state index contributed by atoms with van der Waals surface area (Å²) in [7, 11) is -3.22. The lowest BCUT2D eigenvalue weighted by atomic mass is 9.90. The fraction of sp³-hybridized carbons (Fsp3) is 0.708.